The zero-order valence-corrected chi connectivity index (χ0v) is 7.32. The average Bonchev–Trinajstić information content (AvgIpc) is 2.43. The van der Waals surface area contributed by atoms with Crippen LogP contribution in [0, 0.1) is 5.41 Å². The monoisotopic (exact) mass is 191 g/mol. The van der Waals surface area contributed by atoms with Crippen molar-refractivity contribution in [2.45, 2.75) is 6.42 Å². The van der Waals surface area contributed by atoms with Gasteiger partial charge in [0.05, 0.1) is 12.1 Å². The largest absolute Gasteiger partial charge is 0.384 e. The molecular weight excluding hydrogens is 182 g/mol. The number of nitrogens with one attached hydrogen (secondary N) is 1. The summed E-state index contributed by atoms with van der Waals surface area (Å²) in [6, 6.07) is 4.89. The standard InChI is InChI=1S/C9H9N3O2/c10-9(11)6-2-1-5-4-8(13)12(14)7(5)3-6/h1-3,14H,4H2,(H3,10,11). The summed E-state index contributed by atoms with van der Waals surface area (Å²) in [7, 11) is 0. The predicted molar refractivity (Wildman–Crippen MR) is 50.4 cm³/mol. The fourth-order valence-corrected chi connectivity index (χ4v) is 1.45. The molecule has 5 nitrogen and oxygen atoms in total. The van der Waals surface area contributed by atoms with E-state index in [1.165, 1.54) is 6.07 Å². The molecule has 0 aromatic heterocycles. The lowest BCUT2D eigenvalue weighted by molar-refractivity contribution is -0.122. The lowest BCUT2D eigenvalue weighted by Crippen LogP contribution is -2.22. The first kappa shape index (κ1) is 8.71. The molecule has 1 aromatic carbocycles. The van der Waals surface area contributed by atoms with Crippen LogP contribution < -0.4 is 10.8 Å². The summed E-state index contributed by atoms with van der Waals surface area (Å²) >= 11 is 0. The third-order valence-corrected chi connectivity index (χ3v) is 2.20. The second kappa shape index (κ2) is 2.81. The van der Waals surface area contributed by atoms with Crippen molar-refractivity contribution in [3.63, 3.8) is 0 Å². The zero-order valence-electron chi connectivity index (χ0n) is 7.32. The Bertz CT molecular complexity index is 428. The van der Waals surface area contributed by atoms with E-state index in [0.717, 1.165) is 5.56 Å². The molecule has 0 saturated carbocycles. The molecule has 0 unspecified atom stereocenters. The average molecular weight is 191 g/mol. The SMILES string of the molecule is N=C(N)c1ccc2c(c1)N(O)C(=O)C2. The van der Waals surface area contributed by atoms with Gasteiger partial charge in [-0.15, -0.1) is 0 Å². The molecule has 14 heavy (non-hydrogen) atoms. The summed E-state index contributed by atoms with van der Waals surface area (Å²) in [5, 5.41) is 17.1. The number of hydrogen-bond donors (Lipinski definition) is 3. The van der Waals surface area contributed by atoms with Gasteiger partial charge in [0.15, 0.2) is 0 Å². The highest BCUT2D eigenvalue weighted by Gasteiger charge is 2.26. The van der Waals surface area contributed by atoms with E-state index in [2.05, 4.69) is 0 Å². The van der Waals surface area contributed by atoms with E-state index in [1.807, 2.05) is 0 Å². The molecule has 0 bridgehead atoms. The molecule has 0 radical (unpaired) electrons. The highest BCUT2D eigenvalue weighted by molar-refractivity contribution is 6.02. The number of fused-ring (bicyclic) bond motifs is 1. The molecule has 0 fully saturated rings. The van der Waals surface area contributed by atoms with Crippen molar-refractivity contribution in [2.75, 3.05) is 5.06 Å². The van der Waals surface area contributed by atoms with Crippen LogP contribution in [0.4, 0.5) is 5.69 Å². The number of amides is 1. The Kier molecular flexibility index (Phi) is 1.75. The summed E-state index contributed by atoms with van der Waals surface area (Å²) in [4.78, 5) is 11.1. The van der Waals surface area contributed by atoms with Crippen LogP contribution in [0.1, 0.15) is 11.1 Å². The molecular formula is C9H9N3O2. The van der Waals surface area contributed by atoms with Crippen molar-refractivity contribution in [3.8, 4) is 0 Å². The minimum atomic E-state index is -0.360. The van der Waals surface area contributed by atoms with Crippen LogP contribution in [0.25, 0.3) is 0 Å². The Balaban J connectivity index is 2.51. The van der Waals surface area contributed by atoms with Gasteiger partial charge in [-0.3, -0.25) is 15.4 Å². The lowest BCUT2D eigenvalue weighted by Gasteiger charge is -2.08. The van der Waals surface area contributed by atoms with E-state index in [0.29, 0.717) is 16.3 Å². The minimum absolute atomic E-state index is 0.0828. The molecule has 1 heterocycles. The normalized spacial score (nSPS) is 14.4. The van der Waals surface area contributed by atoms with Gasteiger partial charge in [0.2, 0.25) is 0 Å². The Morgan fingerprint density at radius 3 is 2.93 bits per heavy atom. The number of hydrogen-bond acceptors (Lipinski definition) is 3. The smallest absolute Gasteiger partial charge is 0.255 e. The molecule has 0 saturated heterocycles. The maximum atomic E-state index is 11.1. The highest BCUT2D eigenvalue weighted by atomic mass is 16.5. The first-order chi connectivity index (χ1) is 6.59. The summed E-state index contributed by atoms with van der Waals surface area (Å²) < 4.78 is 0. The number of amidine groups is 1. The summed E-state index contributed by atoms with van der Waals surface area (Å²) in [5.41, 5.74) is 6.96. The maximum absolute atomic E-state index is 11.1. The molecule has 0 atom stereocenters. The van der Waals surface area contributed by atoms with E-state index in [9.17, 15) is 10.0 Å². The zero-order chi connectivity index (χ0) is 10.3. The Labute approximate surface area is 80.2 Å². The van der Waals surface area contributed by atoms with Crippen LogP contribution in [-0.4, -0.2) is 17.0 Å². The third-order valence-electron chi connectivity index (χ3n) is 2.20. The van der Waals surface area contributed by atoms with Gasteiger partial charge in [-0.2, -0.15) is 5.06 Å². The Morgan fingerprint density at radius 1 is 1.57 bits per heavy atom. The topological polar surface area (TPSA) is 90.4 Å². The van der Waals surface area contributed by atoms with Gasteiger partial charge >= 0.3 is 0 Å². The fourth-order valence-electron chi connectivity index (χ4n) is 1.45. The van der Waals surface area contributed by atoms with Crippen molar-refractivity contribution < 1.29 is 10.0 Å². The third kappa shape index (κ3) is 1.14. The number of nitrogen functional groups attached to an aromatic ring is 1. The first-order valence-corrected chi connectivity index (χ1v) is 4.09. The maximum Gasteiger partial charge on any atom is 0.255 e. The van der Waals surface area contributed by atoms with E-state index < -0.39 is 0 Å². The number of rotatable bonds is 1. The minimum Gasteiger partial charge on any atom is -0.384 e. The number of nitrogens with zero attached hydrogens (tertiary/aromatic N) is 1. The number of carbonyl (C=O) groups excluding carboxylic acids is 1. The highest BCUT2D eigenvalue weighted by Crippen LogP contribution is 2.28. The summed E-state index contributed by atoms with van der Waals surface area (Å²) in [6.07, 6.45) is 0.198. The van der Waals surface area contributed by atoms with Gasteiger partial charge < -0.3 is 5.73 Å². The van der Waals surface area contributed by atoms with Gasteiger partial charge in [0.1, 0.15) is 5.84 Å². The van der Waals surface area contributed by atoms with Crippen LogP contribution in [0.3, 0.4) is 0 Å². The number of benzene rings is 1. The molecule has 0 spiro atoms. The van der Waals surface area contributed by atoms with Crippen LogP contribution in [0.15, 0.2) is 18.2 Å². The molecule has 5 heteroatoms. The summed E-state index contributed by atoms with van der Waals surface area (Å²) in [5.74, 6) is -0.443. The molecule has 1 aliphatic rings. The van der Waals surface area contributed by atoms with Gasteiger partial charge in [0.25, 0.3) is 5.91 Å². The van der Waals surface area contributed by atoms with Gasteiger partial charge in [0, 0.05) is 5.56 Å². The van der Waals surface area contributed by atoms with Gasteiger partial charge in [-0.25, -0.2) is 0 Å². The first-order valence-electron chi connectivity index (χ1n) is 4.09. The van der Waals surface area contributed by atoms with Crippen molar-refractivity contribution in [1.82, 2.24) is 0 Å². The van der Waals surface area contributed by atoms with Crippen LogP contribution >= 0.6 is 0 Å². The molecule has 4 N–H and O–H groups in total. The van der Waals surface area contributed by atoms with Crippen molar-refractivity contribution >= 4 is 17.4 Å². The van der Waals surface area contributed by atoms with Crippen molar-refractivity contribution in [2.24, 2.45) is 5.73 Å². The van der Waals surface area contributed by atoms with E-state index >= 15 is 0 Å². The number of hydroxylamine groups is 1. The number of anilines is 1. The van der Waals surface area contributed by atoms with Gasteiger partial charge in [-0.05, 0) is 11.6 Å². The van der Waals surface area contributed by atoms with Crippen LogP contribution in [0.5, 0.6) is 0 Å². The van der Waals surface area contributed by atoms with E-state index in [1.54, 1.807) is 12.1 Å². The molecule has 2 rings (SSSR count). The van der Waals surface area contributed by atoms with E-state index in [4.69, 9.17) is 11.1 Å². The number of carbonyl (C=O) groups is 1. The Hall–Kier alpha value is -1.88. The van der Waals surface area contributed by atoms with Crippen LogP contribution in [0.2, 0.25) is 0 Å². The number of nitrogens with two attached hydrogens (primary N) is 1. The molecule has 0 aliphatic carbocycles. The molecule has 1 amide bonds. The molecule has 72 valence electrons. The second-order valence-corrected chi connectivity index (χ2v) is 3.14. The molecule has 1 aliphatic heterocycles. The van der Waals surface area contributed by atoms with Gasteiger partial charge in [-0.1, -0.05) is 12.1 Å². The Morgan fingerprint density at radius 2 is 2.29 bits per heavy atom. The quantitative estimate of drug-likeness (QED) is 0.337. The van der Waals surface area contributed by atoms with E-state index in [-0.39, 0.29) is 18.2 Å². The lowest BCUT2D eigenvalue weighted by atomic mass is 10.1. The second-order valence-electron chi connectivity index (χ2n) is 3.14. The van der Waals surface area contributed by atoms with Crippen LogP contribution in [-0.2, 0) is 11.2 Å². The molecule has 1 aromatic rings. The predicted octanol–water partition coefficient (Wildman–Crippen LogP) is 0.249. The van der Waals surface area contributed by atoms with Crippen molar-refractivity contribution in [3.05, 3.63) is 29.3 Å². The summed E-state index contributed by atoms with van der Waals surface area (Å²) in [6.45, 7) is 0. The van der Waals surface area contributed by atoms with Crippen molar-refractivity contribution in [1.29, 1.82) is 5.41 Å². The fraction of sp³-hybridized carbons (Fsp3) is 0.111.